The van der Waals surface area contributed by atoms with Crippen molar-refractivity contribution in [3.63, 3.8) is 0 Å². The Bertz CT molecular complexity index is 302. The third-order valence-corrected chi connectivity index (χ3v) is 4.40. The Morgan fingerprint density at radius 2 is 1.78 bits per heavy atom. The summed E-state index contributed by atoms with van der Waals surface area (Å²) in [5, 5.41) is 0. The summed E-state index contributed by atoms with van der Waals surface area (Å²) in [4.78, 5) is 14.6. The van der Waals surface area contributed by atoms with Gasteiger partial charge in [0.1, 0.15) is 5.78 Å². The fraction of sp³-hybridized carbons (Fsp3) is 0.923. The van der Waals surface area contributed by atoms with Crippen molar-refractivity contribution >= 4 is 5.78 Å². The fourth-order valence-electron chi connectivity index (χ4n) is 3.21. The van der Waals surface area contributed by atoms with E-state index in [1.54, 1.807) is 0 Å². The van der Waals surface area contributed by atoms with E-state index in [4.69, 9.17) is 14.2 Å². The van der Waals surface area contributed by atoms with Gasteiger partial charge in [0, 0.05) is 18.0 Å². The van der Waals surface area contributed by atoms with Gasteiger partial charge >= 0.3 is 0 Å². The van der Waals surface area contributed by atoms with E-state index in [0.29, 0.717) is 37.5 Å². The molecule has 0 N–H and O–H groups in total. The molecule has 0 aromatic rings. The number of carbonyl (C=O) groups is 1. The molecule has 3 aliphatic rings. The highest BCUT2D eigenvalue weighted by molar-refractivity contribution is 5.81. The first-order valence-electron chi connectivity index (χ1n) is 6.79. The first-order valence-corrected chi connectivity index (χ1v) is 6.79. The van der Waals surface area contributed by atoms with Gasteiger partial charge in [0.2, 0.25) is 0 Å². The zero-order valence-corrected chi connectivity index (χ0v) is 10.8. The number of carbonyl (C=O) groups excluding carboxylic acids is 1. The summed E-state index contributed by atoms with van der Waals surface area (Å²) >= 11 is 0. The third-order valence-electron chi connectivity index (χ3n) is 4.40. The molecule has 0 aromatic heterocycles. The standard InChI is InChI=1S/C13H21NO4/c1-14-10-4-9(5-11(14)8-16-7-10)12(15)6-13-17-2-3-18-13/h9-11,13H,2-8H2,1H3. The van der Waals surface area contributed by atoms with Crippen LogP contribution >= 0.6 is 0 Å². The lowest BCUT2D eigenvalue weighted by atomic mass is 9.82. The van der Waals surface area contributed by atoms with Crippen LogP contribution in [0.1, 0.15) is 19.3 Å². The summed E-state index contributed by atoms with van der Waals surface area (Å²) in [6, 6.07) is 0.800. The van der Waals surface area contributed by atoms with Crippen LogP contribution in [0.25, 0.3) is 0 Å². The SMILES string of the molecule is CN1C2COCC1CC(C(=O)CC1OCCO1)C2. The number of nitrogens with zero attached hydrogens (tertiary/aromatic N) is 1. The van der Waals surface area contributed by atoms with Crippen molar-refractivity contribution in [1.82, 2.24) is 4.90 Å². The van der Waals surface area contributed by atoms with Gasteiger partial charge in [-0.3, -0.25) is 9.69 Å². The van der Waals surface area contributed by atoms with Crippen molar-refractivity contribution in [3.8, 4) is 0 Å². The molecule has 3 rings (SSSR count). The number of morpholine rings is 1. The molecule has 0 spiro atoms. The Morgan fingerprint density at radius 3 is 2.39 bits per heavy atom. The number of rotatable bonds is 3. The van der Waals surface area contributed by atoms with E-state index in [2.05, 4.69) is 11.9 Å². The summed E-state index contributed by atoms with van der Waals surface area (Å²) in [6.07, 6.45) is 1.94. The van der Waals surface area contributed by atoms with Gasteiger partial charge in [-0.25, -0.2) is 0 Å². The smallest absolute Gasteiger partial charge is 0.164 e. The zero-order chi connectivity index (χ0) is 12.5. The lowest BCUT2D eigenvalue weighted by Crippen LogP contribution is -2.56. The molecule has 102 valence electrons. The Hall–Kier alpha value is -0.490. The van der Waals surface area contributed by atoms with Crippen molar-refractivity contribution in [3.05, 3.63) is 0 Å². The minimum absolute atomic E-state index is 0.160. The summed E-state index contributed by atoms with van der Waals surface area (Å²) in [7, 11) is 2.14. The van der Waals surface area contributed by atoms with E-state index in [1.165, 1.54) is 0 Å². The molecule has 0 aromatic carbocycles. The normalized spacial score (nSPS) is 37.9. The number of hydrogen-bond acceptors (Lipinski definition) is 5. The highest BCUT2D eigenvalue weighted by atomic mass is 16.7. The molecule has 3 saturated heterocycles. The van der Waals surface area contributed by atoms with E-state index < -0.39 is 0 Å². The second kappa shape index (κ2) is 5.25. The topological polar surface area (TPSA) is 48.0 Å². The summed E-state index contributed by atoms with van der Waals surface area (Å²) in [6.45, 7) is 2.75. The Balaban J connectivity index is 1.57. The van der Waals surface area contributed by atoms with Crippen LogP contribution in [0.4, 0.5) is 0 Å². The summed E-state index contributed by atoms with van der Waals surface area (Å²) in [5.41, 5.74) is 0. The van der Waals surface area contributed by atoms with E-state index in [1.807, 2.05) is 0 Å². The molecule has 3 aliphatic heterocycles. The quantitative estimate of drug-likeness (QED) is 0.732. The lowest BCUT2D eigenvalue weighted by molar-refractivity contribution is -0.138. The average Bonchev–Trinajstić information content (AvgIpc) is 2.81. The van der Waals surface area contributed by atoms with Gasteiger partial charge < -0.3 is 14.2 Å². The minimum atomic E-state index is -0.298. The predicted octanol–water partition coefficient (Wildman–Crippen LogP) is 0.428. The molecule has 2 bridgehead atoms. The van der Waals surface area contributed by atoms with Crippen LogP contribution in [0, 0.1) is 5.92 Å². The maximum Gasteiger partial charge on any atom is 0.164 e. The fourth-order valence-corrected chi connectivity index (χ4v) is 3.21. The average molecular weight is 255 g/mol. The molecule has 3 fully saturated rings. The maximum absolute atomic E-state index is 12.3. The largest absolute Gasteiger partial charge is 0.378 e. The van der Waals surface area contributed by atoms with Crippen molar-refractivity contribution in [1.29, 1.82) is 0 Å². The highest BCUT2D eigenvalue weighted by Gasteiger charge is 2.39. The molecule has 2 unspecified atom stereocenters. The third kappa shape index (κ3) is 2.45. The molecule has 5 heteroatoms. The first-order chi connectivity index (χ1) is 8.74. The van der Waals surface area contributed by atoms with Crippen LogP contribution in [0.2, 0.25) is 0 Å². The predicted molar refractivity (Wildman–Crippen MR) is 64.2 cm³/mol. The van der Waals surface area contributed by atoms with Crippen LogP contribution in [-0.2, 0) is 19.0 Å². The number of hydrogen-bond donors (Lipinski definition) is 0. The molecule has 0 aliphatic carbocycles. The summed E-state index contributed by atoms with van der Waals surface area (Å²) < 4.78 is 16.3. The van der Waals surface area contributed by atoms with E-state index in [0.717, 1.165) is 26.1 Å². The van der Waals surface area contributed by atoms with Gasteiger partial charge in [-0.05, 0) is 19.9 Å². The van der Waals surface area contributed by atoms with Gasteiger partial charge in [-0.1, -0.05) is 0 Å². The van der Waals surface area contributed by atoms with Crippen LogP contribution in [0.3, 0.4) is 0 Å². The van der Waals surface area contributed by atoms with Crippen LogP contribution in [-0.4, -0.2) is 62.5 Å². The lowest BCUT2D eigenvalue weighted by Gasteiger charge is -2.46. The Morgan fingerprint density at radius 1 is 1.17 bits per heavy atom. The van der Waals surface area contributed by atoms with Gasteiger partial charge in [0.15, 0.2) is 6.29 Å². The van der Waals surface area contributed by atoms with Crippen LogP contribution in [0.5, 0.6) is 0 Å². The van der Waals surface area contributed by atoms with Crippen molar-refractivity contribution in [2.24, 2.45) is 5.92 Å². The Labute approximate surface area is 107 Å². The van der Waals surface area contributed by atoms with Crippen molar-refractivity contribution in [2.75, 3.05) is 33.5 Å². The van der Waals surface area contributed by atoms with Gasteiger partial charge in [-0.2, -0.15) is 0 Å². The first kappa shape index (κ1) is 12.5. The number of ketones is 1. The molecule has 0 radical (unpaired) electrons. The minimum Gasteiger partial charge on any atom is -0.378 e. The molecular formula is C13H21NO4. The summed E-state index contributed by atoms with van der Waals surface area (Å²) in [5.74, 6) is 0.458. The molecule has 0 amide bonds. The molecular weight excluding hydrogens is 234 g/mol. The number of Topliss-reactive ketones (excluding diaryl/α,β-unsaturated/α-hetero) is 1. The number of ether oxygens (including phenoxy) is 3. The van der Waals surface area contributed by atoms with E-state index in [9.17, 15) is 4.79 Å². The van der Waals surface area contributed by atoms with Crippen LogP contribution < -0.4 is 0 Å². The van der Waals surface area contributed by atoms with E-state index in [-0.39, 0.29) is 12.2 Å². The number of likely N-dealkylation sites (N-methyl/N-ethyl adjacent to an activating group) is 1. The highest BCUT2D eigenvalue weighted by Crippen LogP contribution is 2.32. The second-order valence-corrected chi connectivity index (χ2v) is 5.52. The Kier molecular flexibility index (Phi) is 3.66. The zero-order valence-electron chi connectivity index (χ0n) is 10.8. The molecule has 5 nitrogen and oxygen atoms in total. The molecule has 18 heavy (non-hydrogen) atoms. The number of fused-ring (bicyclic) bond motifs is 2. The molecule has 3 heterocycles. The van der Waals surface area contributed by atoms with Gasteiger partial charge in [-0.15, -0.1) is 0 Å². The van der Waals surface area contributed by atoms with Crippen molar-refractivity contribution in [2.45, 2.75) is 37.6 Å². The van der Waals surface area contributed by atoms with Crippen LogP contribution in [0.15, 0.2) is 0 Å². The van der Waals surface area contributed by atoms with Crippen molar-refractivity contribution < 1.29 is 19.0 Å². The second-order valence-electron chi connectivity index (χ2n) is 5.52. The monoisotopic (exact) mass is 255 g/mol. The van der Waals surface area contributed by atoms with E-state index >= 15 is 0 Å². The van der Waals surface area contributed by atoms with Gasteiger partial charge in [0.05, 0.1) is 32.8 Å². The molecule has 2 atom stereocenters. The number of piperidine rings is 1. The molecule has 0 saturated carbocycles. The van der Waals surface area contributed by atoms with Gasteiger partial charge in [0.25, 0.3) is 0 Å². The maximum atomic E-state index is 12.3.